The number of carbonyl (C=O) groups is 1. The predicted octanol–water partition coefficient (Wildman–Crippen LogP) is 2.08. The van der Waals surface area contributed by atoms with Crippen molar-refractivity contribution < 1.29 is 14.3 Å². The molecule has 17 heavy (non-hydrogen) atoms. The van der Waals surface area contributed by atoms with Gasteiger partial charge in [-0.3, -0.25) is 4.79 Å². The second kappa shape index (κ2) is 6.36. The van der Waals surface area contributed by atoms with Crippen LogP contribution in [-0.2, 0) is 14.3 Å². The summed E-state index contributed by atoms with van der Waals surface area (Å²) in [5.41, 5.74) is -0.517. The Labute approximate surface area is 105 Å². The fourth-order valence-electron chi connectivity index (χ4n) is 1.89. The van der Waals surface area contributed by atoms with E-state index in [1.807, 2.05) is 34.9 Å². The Morgan fingerprint density at radius 1 is 1.24 bits per heavy atom. The quantitative estimate of drug-likeness (QED) is 0.644. The maximum Gasteiger partial charge on any atom is 0.307 e. The Morgan fingerprint density at radius 3 is 2.12 bits per heavy atom. The summed E-state index contributed by atoms with van der Waals surface area (Å²) in [5, 5.41) is 0. The number of nitrogens with zero attached hydrogens (tertiary/aromatic N) is 1. The lowest BCUT2D eigenvalue weighted by atomic mass is 9.84. The van der Waals surface area contributed by atoms with Gasteiger partial charge < -0.3 is 14.4 Å². The minimum Gasteiger partial charge on any atom is -0.466 e. The molecule has 0 aromatic rings. The lowest BCUT2D eigenvalue weighted by Gasteiger charge is -2.41. The number of ether oxygens (including phenoxy) is 2. The monoisotopic (exact) mass is 245 g/mol. The summed E-state index contributed by atoms with van der Waals surface area (Å²) in [7, 11) is 5.65. The van der Waals surface area contributed by atoms with Crippen molar-refractivity contribution in [2.75, 3.05) is 27.8 Å². The van der Waals surface area contributed by atoms with Crippen molar-refractivity contribution >= 4 is 5.97 Å². The highest BCUT2D eigenvalue weighted by Gasteiger charge is 2.36. The van der Waals surface area contributed by atoms with Crippen LogP contribution in [0.5, 0.6) is 0 Å². The average molecular weight is 245 g/mol. The third-order valence-corrected chi connectivity index (χ3v) is 3.27. The third kappa shape index (κ3) is 5.50. The van der Waals surface area contributed by atoms with Gasteiger partial charge in [0.15, 0.2) is 0 Å². The molecule has 0 spiro atoms. The van der Waals surface area contributed by atoms with E-state index in [1.165, 1.54) is 0 Å². The van der Waals surface area contributed by atoms with E-state index in [4.69, 9.17) is 9.47 Å². The molecule has 0 fully saturated rings. The minimum absolute atomic E-state index is 0.157. The third-order valence-electron chi connectivity index (χ3n) is 3.27. The number of rotatable bonds is 7. The molecule has 0 aliphatic rings. The lowest BCUT2D eigenvalue weighted by Crippen LogP contribution is -2.48. The van der Waals surface area contributed by atoms with E-state index >= 15 is 0 Å². The maximum absolute atomic E-state index is 11.6. The van der Waals surface area contributed by atoms with Gasteiger partial charge in [-0.25, -0.2) is 0 Å². The molecule has 4 nitrogen and oxygen atoms in total. The van der Waals surface area contributed by atoms with Crippen LogP contribution in [0.15, 0.2) is 0 Å². The van der Waals surface area contributed by atoms with Crippen LogP contribution in [0, 0.1) is 0 Å². The van der Waals surface area contributed by atoms with Gasteiger partial charge in [0.25, 0.3) is 0 Å². The molecular weight excluding hydrogens is 218 g/mol. The van der Waals surface area contributed by atoms with Gasteiger partial charge in [0, 0.05) is 12.6 Å². The van der Waals surface area contributed by atoms with Crippen LogP contribution in [0.25, 0.3) is 0 Å². The predicted molar refractivity (Wildman–Crippen MR) is 69.0 cm³/mol. The molecular formula is C13H27NO3. The fraction of sp³-hybridized carbons (Fsp3) is 0.923. The maximum atomic E-state index is 11.6. The van der Waals surface area contributed by atoms with Gasteiger partial charge in [-0.2, -0.15) is 0 Å². The highest BCUT2D eigenvalue weighted by Crippen LogP contribution is 2.29. The summed E-state index contributed by atoms with van der Waals surface area (Å²) in [6, 6.07) is 0. The molecule has 0 radical (unpaired) electrons. The molecule has 0 aliphatic heterocycles. The summed E-state index contributed by atoms with van der Waals surface area (Å²) in [6.07, 6.45) is 1.14. The largest absolute Gasteiger partial charge is 0.466 e. The summed E-state index contributed by atoms with van der Waals surface area (Å²) in [6.45, 7) is 8.37. The standard InChI is InChI=1S/C13H27NO3/c1-8-17-11(15)9-13(4,14(5)6)10-12(2,3)16-7/h8-10H2,1-7H3. The molecule has 0 bridgehead atoms. The van der Waals surface area contributed by atoms with Crippen molar-refractivity contribution in [3.05, 3.63) is 0 Å². The normalized spacial score (nSPS) is 15.8. The zero-order valence-corrected chi connectivity index (χ0v) is 12.3. The lowest BCUT2D eigenvalue weighted by molar-refractivity contribution is -0.147. The van der Waals surface area contributed by atoms with E-state index in [0.717, 1.165) is 6.42 Å². The first-order valence-corrected chi connectivity index (χ1v) is 6.05. The van der Waals surface area contributed by atoms with Crippen molar-refractivity contribution in [2.24, 2.45) is 0 Å². The number of hydrogen-bond acceptors (Lipinski definition) is 4. The Bertz CT molecular complexity index is 251. The molecule has 0 aromatic carbocycles. The summed E-state index contributed by atoms with van der Waals surface area (Å²) >= 11 is 0. The highest BCUT2D eigenvalue weighted by molar-refractivity contribution is 5.70. The van der Waals surface area contributed by atoms with E-state index in [9.17, 15) is 4.79 Å². The number of hydrogen-bond donors (Lipinski definition) is 0. The summed E-state index contributed by atoms with van der Waals surface area (Å²) in [5.74, 6) is -0.157. The number of esters is 1. The Kier molecular flexibility index (Phi) is 6.13. The van der Waals surface area contributed by atoms with Crippen molar-refractivity contribution in [1.82, 2.24) is 4.90 Å². The first kappa shape index (κ1) is 16.4. The van der Waals surface area contributed by atoms with Crippen LogP contribution in [0.3, 0.4) is 0 Å². The first-order chi connectivity index (χ1) is 7.67. The average Bonchev–Trinajstić information content (AvgIpc) is 2.16. The van der Waals surface area contributed by atoms with Gasteiger partial charge in [0.05, 0.1) is 18.6 Å². The zero-order valence-electron chi connectivity index (χ0n) is 12.3. The molecule has 1 unspecified atom stereocenters. The van der Waals surface area contributed by atoms with E-state index in [1.54, 1.807) is 7.11 Å². The highest BCUT2D eigenvalue weighted by atomic mass is 16.5. The van der Waals surface area contributed by atoms with Gasteiger partial charge >= 0.3 is 5.97 Å². The van der Waals surface area contributed by atoms with Crippen LogP contribution >= 0.6 is 0 Å². The second-order valence-electron chi connectivity index (χ2n) is 5.51. The number of carbonyl (C=O) groups excluding carboxylic acids is 1. The Hall–Kier alpha value is -0.610. The van der Waals surface area contributed by atoms with Crippen molar-refractivity contribution in [3.63, 3.8) is 0 Å². The van der Waals surface area contributed by atoms with E-state index in [-0.39, 0.29) is 17.1 Å². The number of methoxy groups -OCH3 is 1. The molecule has 0 N–H and O–H groups in total. The molecule has 1 atom stereocenters. The van der Waals surface area contributed by atoms with Crippen LogP contribution in [0.1, 0.15) is 40.5 Å². The summed E-state index contributed by atoms with van der Waals surface area (Å²) < 4.78 is 10.5. The molecule has 0 heterocycles. The van der Waals surface area contributed by atoms with Gasteiger partial charge in [-0.1, -0.05) is 0 Å². The Morgan fingerprint density at radius 2 is 1.76 bits per heavy atom. The second-order valence-corrected chi connectivity index (χ2v) is 5.51. The van der Waals surface area contributed by atoms with Crippen LogP contribution in [0.4, 0.5) is 0 Å². The molecule has 0 amide bonds. The minimum atomic E-state index is -0.258. The smallest absolute Gasteiger partial charge is 0.307 e. The topological polar surface area (TPSA) is 38.8 Å². The molecule has 4 heteroatoms. The molecule has 0 saturated carbocycles. The van der Waals surface area contributed by atoms with Gasteiger partial charge in [-0.05, 0) is 48.2 Å². The first-order valence-electron chi connectivity index (χ1n) is 6.05. The molecule has 0 saturated heterocycles. The van der Waals surface area contributed by atoms with Crippen molar-refractivity contribution in [1.29, 1.82) is 0 Å². The Balaban J connectivity index is 4.74. The van der Waals surface area contributed by atoms with Crippen LogP contribution < -0.4 is 0 Å². The van der Waals surface area contributed by atoms with Crippen LogP contribution in [0.2, 0.25) is 0 Å². The molecule has 0 rings (SSSR count). The fourth-order valence-corrected chi connectivity index (χ4v) is 1.89. The SMILES string of the molecule is CCOC(=O)CC(C)(CC(C)(C)OC)N(C)C. The van der Waals surface area contributed by atoms with Crippen LogP contribution in [-0.4, -0.2) is 49.8 Å². The van der Waals surface area contributed by atoms with Crippen molar-refractivity contribution in [3.8, 4) is 0 Å². The van der Waals surface area contributed by atoms with E-state index < -0.39 is 0 Å². The zero-order chi connectivity index (χ0) is 13.7. The molecule has 0 aromatic heterocycles. The summed E-state index contributed by atoms with van der Waals surface area (Å²) in [4.78, 5) is 13.7. The van der Waals surface area contributed by atoms with Crippen molar-refractivity contribution in [2.45, 2.75) is 51.7 Å². The van der Waals surface area contributed by atoms with Gasteiger partial charge in [0.1, 0.15) is 0 Å². The molecule has 102 valence electrons. The van der Waals surface area contributed by atoms with E-state index in [2.05, 4.69) is 11.8 Å². The van der Waals surface area contributed by atoms with E-state index in [0.29, 0.717) is 13.0 Å². The molecule has 0 aliphatic carbocycles. The van der Waals surface area contributed by atoms with Gasteiger partial charge in [-0.15, -0.1) is 0 Å². The van der Waals surface area contributed by atoms with Gasteiger partial charge in [0.2, 0.25) is 0 Å².